The van der Waals surface area contributed by atoms with Gasteiger partial charge in [-0.2, -0.15) is 10.1 Å². The van der Waals surface area contributed by atoms with Crippen LogP contribution in [0.2, 0.25) is 0 Å². The van der Waals surface area contributed by atoms with Crippen molar-refractivity contribution < 1.29 is 14.1 Å². The third-order valence-corrected chi connectivity index (χ3v) is 7.62. The molecule has 0 unspecified atom stereocenters. The lowest BCUT2D eigenvalue weighted by Gasteiger charge is -2.26. The maximum atomic E-state index is 12.7. The summed E-state index contributed by atoms with van der Waals surface area (Å²) in [5, 5.41) is 8.72. The number of methoxy groups -OCH3 is 1. The average Bonchev–Trinajstić information content (AvgIpc) is 3.31. The molecule has 1 saturated heterocycles. The van der Waals surface area contributed by atoms with Crippen molar-refractivity contribution in [1.82, 2.24) is 39.8 Å². The number of nitrogen functional groups attached to an aromatic ring is 1. The maximum Gasteiger partial charge on any atom is 0.261 e. The van der Waals surface area contributed by atoms with Crippen LogP contribution in [-0.2, 0) is 21.5 Å². The first-order valence-electron chi connectivity index (χ1n) is 12.7. The molecule has 1 saturated carbocycles. The summed E-state index contributed by atoms with van der Waals surface area (Å²) < 4.78 is 12.6. The Morgan fingerprint density at radius 3 is 2.63 bits per heavy atom. The molecule has 196 valence electrons. The van der Waals surface area contributed by atoms with Gasteiger partial charge in [-0.25, -0.2) is 9.97 Å². The van der Waals surface area contributed by atoms with Gasteiger partial charge in [0.1, 0.15) is 6.54 Å². The molecule has 0 radical (unpaired) electrons. The lowest BCUT2D eigenvalue weighted by molar-refractivity contribution is -0.131. The van der Waals surface area contributed by atoms with Gasteiger partial charge in [0, 0.05) is 50.6 Å². The minimum Gasteiger partial charge on any atom is -0.380 e. The van der Waals surface area contributed by atoms with Crippen molar-refractivity contribution in [3.63, 3.8) is 0 Å². The van der Waals surface area contributed by atoms with Gasteiger partial charge >= 0.3 is 0 Å². The van der Waals surface area contributed by atoms with Crippen molar-refractivity contribution in [2.24, 2.45) is 5.92 Å². The quantitative estimate of drug-likeness (QED) is 0.370. The molecule has 4 aromatic rings. The molecule has 2 N–H and O–H groups in total. The van der Waals surface area contributed by atoms with E-state index in [1.807, 2.05) is 18.3 Å². The number of pyridine rings is 1. The molecule has 1 aliphatic heterocycles. The minimum absolute atomic E-state index is 0.00760. The SMILES string of the molecule is CO[C@@H]1CCN(C(=O)Cn2cc(-c3nc([C@@](C)(c4ccc(-c5cnc(N)nc5)nc4)C4CC4)no3)cn2)C1. The topological polar surface area (TPSA) is 151 Å². The summed E-state index contributed by atoms with van der Waals surface area (Å²) in [6.45, 7) is 3.59. The normalized spacial score (nSPS) is 19.0. The van der Waals surface area contributed by atoms with Crippen LogP contribution in [-0.4, -0.2) is 72.0 Å². The zero-order chi connectivity index (χ0) is 26.3. The summed E-state index contributed by atoms with van der Waals surface area (Å²) in [6.07, 6.45) is 11.7. The predicted molar refractivity (Wildman–Crippen MR) is 136 cm³/mol. The lowest BCUT2D eigenvalue weighted by atomic mass is 9.77. The second kappa shape index (κ2) is 9.60. The second-order valence-corrected chi connectivity index (χ2v) is 10.1. The predicted octanol–water partition coefficient (Wildman–Crippen LogP) is 2.33. The number of aromatic nitrogens is 7. The van der Waals surface area contributed by atoms with Crippen LogP contribution >= 0.6 is 0 Å². The zero-order valence-corrected chi connectivity index (χ0v) is 21.3. The van der Waals surface area contributed by atoms with Crippen LogP contribution < -0.4 is 5.73 Å². The molecule has 5 heterocycles. The Bertz CT molecular complexity index is 1430. The molecule has 38 heavy (non-hydrogen) atoms. The van der Waals surface area contributed by atoms with Crippen LogP contribution in [0.4, 0.5) is 5.95 Å². The molecule has 1 amide bonds. The van der Waals surface area contributed by atoms with E-state index in [-0.39, 0.29) is 24.5 Å². The summed E-state index contributed by atoms with van der Waals surface area (Å²) in [4.78, 5) is 32.0. The van der Waals surface area contributed by atoms with Gasteiger partial charge in [-0.3, -0.25) is 14.5 Å². The van der Waals surface area contributed by atoms with Gasteiger partial charge < -0.3 is 19.9 Å². The zero-order valence-electron chi connectivity index (χ0n) is 21.3. The number of rotatable bonds is 8. The summed E-state index contributed by atoms with van der Waals surface area (Å²) in [7, 11) is 1.67. The Kier molecular flexibility index (Phi) is 6.10. The Labute approximate surface area is 219 Å². The first kappa shape index (κ1) is 24.2. The fourth-order valence-electron chi connectivity index (χ4n) is 5.05. The molecule has 6 rings (SSSR count). The highest BCUT2D eigenvalue weighted by Crippen LogP contribution is 2.50. The van der Waals surface area contributed by atoms with Gasteiger partial charge in [-0.05, 0) is 43.7 Å². The number of nitrogens with two attached hydrogens (primary N) is 1. The fraction of sp³-hybridized carbons (Fsp3) is 0.423. The van der Waals surface area contributed by atoms with E-state index in [1.165, 1.54) is 0 Å². The highest BCUT2D eigenvalue weighted by molar-refractivity contribution is 5.76. The van der Waals surface area contributed by atoms with Crippen molar-refractivity contribution in [2.75, 3.05) is 25.9 Å². The largest absolute Gasteiger partial charge is 0.380 e. The van der Waals surface area contributed by atoms with E-state index < -0.39 is 5.41 Å². The molecule has 4 aromatic heterocycles. The van der Waals surface area contributed by atoms with Crippen LogP contribution in [0.5, 0.6) is 0 Å². The van der Waals surface area contributed by atoms with E-state index in [0.717, 1.165) is 36.1 Å². The average molecular weight is 516 g/mol. The van der Waals surface area contributed by atoms with Gasteiger partial charge in [0.2, 0.25) is 11.9 Å². The van der Waals surface area contributed by atoms with Crippen molar-refractivity contribution in [1.29, 1.82) is 0 Å². The minimum atomic E-state index is -0.454. The van der Waals surface area contributed by atoms with Crippen LogP contribution in [0.25, 0.3) is 22.7 Å². The van der Waals surface area contributed by atoms with Gasteiger partial charge in [0.15, 0.2) is 5.82 Å². The number of carbonyl (C=O) groups excluding carboxylic acids is 1. The Morgan fingerprint density at radius 2 is 1.95 bits per heavy atom. The van der Waals surface area contributed by atoms with Crippen molar-refractivity contribution in [3.05, 3.63) is 54.5 Å². The summed E-state index contributed by atoms with van der Waals surface area (Å²) in [5.74, 6) is 1.59. The van der Waals surface area contributed by atoms with E-state index in [2.05, 4.69) is 32.1 Å². The molecule has 0 spiro atoms. The molecule has 1 aliphatic carbocycles. The highest BCUT2D eigenvalue weighted by atomic mass is 16.5. The van der Waals surface area contributed by atoms with Gasteiger partial charge in [-0.1, -0.05) is 11.2 Å². The van der Waals surface area contributed by atoms with Gasteiger partial charge in [-0.15, -0.1) is 0 Å². The van der Waals surface area contributed by atoms with Crippen molar-refractivity contribution in [3.8, 4) is 22.7 Å². The van der Waals surface area contributed by atoms with E-state index in [1.54, 1.807) is 41.5 Å². The fourth-order valence-corrected chi connectivity index (χ4v) is 5.05. The molecular formula is C26H29N9O3. The van der Waals surface area contributed by atoms with Crippen LogP contribution in [0, 0.1) is 5.92 Å². The molecule has 2 fully saturated rings. The van der Waals surface area contributed by atoms with Crippen LogP contribution in [0.15, 0.2) is 47.6 Å². The Morgan fingerprint density at radius 1 is 1.13 bits per heavy atom. The number of hydrogen-bond donors (Lipinski definition) is 1. The van der Waals surface area contributed by atoms with E-state index in [0.29, 0.717) is 36.3 Å². The third kappa shape index (κ3) is 4.51. The number of hydrogen-bond acceptors (Lipinski definition) is 10. The number of carbonyl (C=O) groups is 1. The highest BCUT2D eigenvalue weighted by Gasteiger charge is 2.47. The molecule has 12 heteroatoms. The number of nitrogens with zero attached hydrogens (tertiary/aromatic N) is 8. The molecule has 12 nitrogen and oxygen atoms in total. The van der Waals surface area contributed by atoms with E-state index in [4.69, 9.17) is 20.0 Å². The van der Waals surface area contributed by atoms with Gasteiger partial charge in [0.25, 0.3) is 5.89 Å². The van der Waals surface area contributed by atoms with Crippen molar-refractivity contribution >= 4 is 11.9 Å². The molecular weight excluding hydrogens is 486 g/mol. The maximum absolute atomic E-state index is 12.7. The summed E-state index contributed by atoms with van der Waals surface area (Å²) >= 11 is 0. The molecule has 0 bridgehead atoms. The van der Waals surface area contributed by atoms with Crippen molar-refractivity contribution in [2.45, 2.75) is 44.2 Å². The Balaban J connectivity index is 1.20. The number of likely N-dealkylation sites (tertiary alicyclic amines) is 1. The first-order chi connectivity index (χ1) is 18.4. The standard InChI is InChI=1S/C26H29N9O3/c1-26(18-3-4-18,19-5-6-21(28-12-19)16-9-29-25(27)30-10-16)24-32-23(38-33-24)17-11-31-35(13-17)15-22(36)34-8-7-20(14-34)37-2/h5-6,9-13,18,20H,3-4,7-8,14-15H2,1-2H3,(H2,27,29,30)/t20-,26-/m1/s1. The lowest BCUT2D eigenvalue weighted by Crippen LogP contribution is -2.33. The summed E-state index contributed by atoms with van der Waals surface area (Å²) in [6, 6.07) is 3.99. The monoisotopic (exact) mass is 515 g/mol. The molecule has 2 aliphatic rings. The smallest absolute Gasteiger partial charge is 0.261 e. The first-order valence-corrected chi connectivity index (χ1v) is 12.7. The number of anilines is 1. The molecule has 2 atom stereocenters. The third-order valence-electron chi connectivity index (χ3n) is 7.62. The Hall–Kier alpha value is -4.19. The number of amides is 1. The van der Waals surface area contributed by atoms with E-state index >= 15 is 0 Å². The van der Waals surface area contributed by atoms with Crippen LogP contribution in [0.1, 0.15) is 37.6 Å². The second-order valence-electron chi connectivity index (χ2n) is 10.1. The summed E-state index contributed by atoms with van der Waals surface area (Å²) in [5.41, 5.74) is 8.37. The van der Waals surface area contributed by atoms with E-state index in [9.17, 15) is 4.79 Å². The number of ether oxygens (including phenoxy) is 1. The van der Waals surface area contributed by atoms with Crippen LogP contribution in [0.3, 0.4) is 0 Å². The molecule has 0 aromatic carbocycles. The van der Waals surface area contributed by atoms with Gasteiger partial charge in [0.05, 0.1) is 29.0 Å².